The summed E-state index contributed by atoms with van der Waals surface area (Å²) in [5.41, 5.74) is 2.20. The first-order chi connectivity index (χ1) is 13.5. The van der Waals surface area contributed by atoms with Gasteiger partial charge in [0.2, 0.25) is 17.8 Å². The number of rotatable bonds is 4. The molecule has 0 saturated heterocycles. The van der Waals surface area contributed by atoms with Crippen LogP contribution in [-0.2, 0) is 9.59 Å². The van der Waals surface area contributed by atoms with Crippen LogP contribution in [-0.4, -0.2) is 38.7 Å². The Hall–Kier alpha value is -3.75. The zero-order valence-electron chi connectivity index (χ0n) is 15.3. The molecule has 2 aromatic heterocycles. The summed E-state index contributed by atoms with van der Waals surface area (Å²) in [5.74, 6) is 0.480. The zero-order chi connectivity index (χ0) is 19.7. The Bertz CT molecular complexity index is 1050. The van der Waals surface area contributed by atoms with Gasteiger partial charge in [0.1, 0.15) is 11.8 Å². The van der Waals surface area contributed by atoms with E-state index in [1.165, 1.54) is 11.8 Å². The summed E-state index contributed by atoms with van der Waals surface area (Å²) in [6.07, 6.45) is 3.23. The van der Waals surface area contributed by atoms with Crippen molar-refractivity contribution < 1.29 is 14.3 Å². The number of benzene rings is 1. The summed E-state index contributed by atoms with van der Waals surface area (Å²) >= 11 is 0. The van der Waals surface area contributed by atoms with Crippen LogP contribution in [0.25, 0.3) is 11.4 Å². The van der Waals surface area contributed by atoms with Crippen molar-refractivity contribution in [3.63, 3.8) is 0 Å². The molecule has 1 aliphatic rings. The minimum atomic E-state index is -0.827. The molecule has 0 spiro atoms. The van der Waals surface area contributed by atoms with Crippen LogP contribution in [0.5, 0.6) is 5.75 Å². The molecular weight excluding hydrogens is 360 g/mol. The lowest BCUT2D eigenvalue weighted by Crippen LogP contribution is -2.36. The van der Waals surface area contributed by atoms with Gasteiger partial charge in [-0.05, 0) is 36.8 Å². The molecule has 0 fully saturated rings. The van der Waals surface area contributed by atoms with Gasteiger partial charge in [0.15, 0.2) is 5.82 Å². The fraction of sp³-hybridized carbons (Fsp3) is 0.211. The largest absolute Gasteiger partial charge is 0.495 e. The number of nitrogens with one attached hydrogen (secondary N) is 2. The molecule has 4 rings (SSSR count). The lowest BCUT2D eigenvalue weighted by Gasteiger charge is -2.23. The normalized spacial score (nSPS) is 15.5. The molecule has 3 aromatic rings. The summed E-state index contributed by atoms with van der Waals surface area (Å²) in [7, 11) is 1.53. The number of carbonyl (C=O) groups is 2. The monoisotopic (exact) mass is 378 g/mol. The molecule has 28 heavy (non-hydrogen) atoms. The predicted octanol–water partition coefficient (Wildman–Crippen LogP) is 2.18. The zero-order valence-corrected chi connectivity index (χ0v) is 15.3. The highest BCUT2D eigenvalue weighted by atomic mass is 16.5. The van der Waals surface area contributed by atoms with Crippen LogP contribution < -0.4 is 15.4 Å². The highest BCUT2D eigenvalue weighted by Crippen LogP contribution is 2.30. The second kappa shape index (κ2) is 7.10. The van der Waals surface area contributed by atoms with E-state index in [9.17, 15) is 9.59 Å². The Morgan fingerprint density at radius 2 is 2.21 bits per heavy atom. The fourth-order valence-electron chi connectivity index (χ4n) is 3.02. The number of ether oxygens (including phenoxy) is 1. The lowest BCUT2D eigenvalue weighted by molar-refractivity contribution is -0.125. The minimum absolute atomic E-state index is 0.0389. The van der Waals surface area contributed by atoms with E-state index < -0.39 is 6.04 Å². The van der Waals surface area contributed by atoms with E-state index in [0.29, 0.717) is 22.8 Å². The summed E-state index contributed by atoms with van der Waals surface area (Å²) in [5, 5.41) is 9.91. The van der Waals surface area contributed by atoms with Crippen LogP contribution in [0.1, 0.15) is 18.0 Å². The van der Waals surface area contributed by atoms with Gasteiger partial charge in [0.25, 0.3) is 0 Å². The van der Waals surface area contributed by atoms with Crippen LogP contribution in [0.3, 0.4) is 0 Å². The molecule has 1 atom stereocenters. The first-order valence-corrected chi connectivity index (χ1v) is 8.67. The number of fused-ring (bicyclic) bond motifs is 1. The van der Waals surface area contributed by atoms with Crippen molar-refractivity contribution in [2.45, 2.75) is 19.4 Å². The summed E-state index contributed by atoms with van der Waals surface area (Å²) in [4.78, 5) is 33.4. The van der Waals surface area contributed by atoms with Crippen molar-refractivity contribution in [3.05, 3.63) is 48.3 Å². The van der Waals surface area contributed by atoms with Crippen LogP contribution in [0.4, 0.5) is 11.6 Å². The molecule has 2 N–H and O–H groups in total. The number of carbonyl (C=O) groups excluding carboxylic acids is 2. The Morgan fingerprint density at radius 3 is 2.96 bits per heavy atom. The highest BCUT2D eigenvalue weighted by Gasteiger charge is 2.33. The maximum Gasteiger partial charge on any atom is 0.250 e. The van der Waals surface area contributed by atoms with Gasteiger partial charge in [-0.2, -0.15) is 4.98 Å². The molecule has 9 nitrogen and oxygen atoms in total. The molecule has 142 valence electrons. The first-order valence-electron chi connectivity index (χ1n) is 8.67. The topological polar surface area (TPSA) is 111 Å². The van der Waals surface area contributed by atoms with Crippen LogP contribution in [0, 0.1) is 6.92 Å². The van der Waals surface area contributed by atoms with E-state index >= 15 is 0 Å². The Morgan fingerprint density at radius 1 is 1.36 bits per heavy atom. The third kappa shape index (κ3) is 3.29. The van der Waals surface area contributed by atoms with Gasteiger partial charge in [0, 0.05) is 18.0 Å². The average molecular weight is 378 g/mol. The first kappa shape index (κ1) is 17.7. The number of pyridine rings is 1. The van der Waals surface area contributed by atoms with E-state index in [1.54, 1.807) is 24.5 Å². The van der Waals surface area contributed by atoms with E-state index in [4.69, 9.17) is 4.74 Å². The van der Waals surface area contributed by atoms with Crippen LogP contribution >= 0.6 is 0 Å². The molecule has 1 aromatic carbocycles. The summed E-state index contributed by atoms with van der Waals surface area (Å²) in [6, 6.07) is 8.22. The number of hydrogen-bond donors (Lipinski definition) is 2. The van der Waals surface area contributed by atoms with Gasteiger partial charge < -0.3 is 10.1 Å². The standard InChI is InChI=1S/C19H18N6O3/c1-11-5-6-15(28-2)13(8-11)21-18(27)14-9-16(26)22-19-23-17(24-25(14)19)12-4-3-7-20-10-12/h3-8,10,14H,9H2,1-2H3,(H,21,27)(H,22,23,24,26)/t14-/m1/s1. The van der Waals surface area contributed by atoms with Crippen molar-refractivity contribution in [3.8, 4) is 17.1 Å². The fourth-order valence-corrected chi connectivity index (χ4v) is 3.02. The number of nitrogens with zero attached hydrogens (tertiary/aromatic N) is 4. The van der Waals surface area contributed by atoms with Gasteiger partial charge >= 0.3 is 0 Å². The van der Waals surface area contributed by atoms with Crippen molar-refractivity contribution in [1.82, 2.24) is 19.7 Å². The minimum Gasteiger partial charge on any atom is -0.495 e. The molecule has 9 heteroatoms. The van der Waals surface area contributed by atoms with Gasteiger partial charge in [-0.3, -0.25) is 19.9 Å². The molecule has 2 amide bonds. The number of amides is 2. The molecule has 1 aliphatic heterocycles. The van der Waals surface area contributed by atoms with Crippen molar-refractivity contribution in [2.75, 3.05) is 17.7 Å². The predicted molar refractivity (Wildman–Crippen MR) is 102 cm³/mol. The maximum atomic E-state index is 13.0. The summed E-state index contributed by atoms with van der Waals surface area (Å²) < 4.78 is 6.74. The van der Waals surface area contributed by atoms with E-state index in [1.807, 2.05) is 25.1 Å². The van der Waals surface area contributed by atoms with Crippen LogP contribution in [0.15, 0.2) is 42.7 Å². The Kier molecular flexibility index (Phi) is 4.48. The van der Waals surface area contributed by atoms with Crippen molar-refractivity contribution in [1.29, 1.82) is 0 Å². The van der Waals surface area contributed by atoms with Gasteiger partial charge in [-0.1, -0.05) is 6.07 Å². The van der Waals surface area contributed by atoms with Crippen LogP contribution in [0.2, 0.25) is 0 Å². The number of hydrogen-bond acceptors (Lipinski definition) is 6. The third-order valence-electron chi connectivity index (χ3n) is 4.39. The SMILES string of the molecule is COc1ccc(C)cc1NC(=O)[C@H]1CC(=O)Nc2nc(-c3cccnc3)nn21. The number of aromatic nitrogens is 4. The van der Waals surface area contributed by atoms with E-state index in [2.05, 4.69) is 25.7 Å². The molecule has 0 saturated carbocycles. The summed E-state index contributed by atoms with van der Waals surface area (Å²) in [6.45, 7) is 1.92. The molecule has 0 aliphatic carbocycles. The molecule has 0 radical (unpaired) electrons. The number of anilines is 2. The second-order valence-corrected chi connectivity index (χ2v) is 6.41. The maximum absolute atomic E-state index is 13.0. The Balaban J connectivity index is 1.66. The Labute approximate surface area is 160 Å². The van der Waals surface area contributed by atoms with Gasteiger partial charge in [-0.25, -0.2) is 4.68 Å². The van der Waals surface area contributed by atoms with Gasteiger partial charge in [-0.15, -0.1) is 5.10 Å². The highest BCUT2D eigenvalue weighted by molar-refractivity contribution is 6.01. The lowest BCUT2D eigenvalue weighted by atomic mass is 10.1. The van der Waals surface area contributed by atoms with E-state index in [0.717, 1.165) is 5.56 Å². The quantitative estimate of drug-likeness (QED) is 0.720. The molecule has 0 bridgehead atoms. The average Bonchev–Trinajstić information content (AvgIpc) is 3.12. The van der Waals surface area contributed by atoms with Crippen molar-refractivity contribution in [2.24, 2.45) is 0 Å². The smallest absolute Gasteiger partial charge is 0.250 e. The number of methoxy groups -OCH3 is 1. The van der Waals surface area contributed by atoms with E-state index in [-0.39, 0.29) is 24.2 Å². The third-order valence-corrected chi connectivity index (χ3v) is 4.39. The van der Waals surface area contributed by atoms with Crippen molar-refractivity contribution >= 4 is 23.5 Å². The number of aryl methyl sites for hydroxylation is 1. The molecule has 0 unspecified atom stereocenters. The second-order valence-electron chi connectivity index (χ2n) is 6.41. The molecular formula is C19H18N6O3. The van der Waals surface area contributed by atoms with Gasteiger partial charge in [0.05, 0.1) is 19.2 Å². The molecule has 3 heterocycles.